The lowest BCUT2D eigenvalue weighted by molar-refractivity contribution is 0.125. The maximum absolute atomic E-state index is 2.66. The molecular formula is C31H34ClN3. The van der Waals surface area contributed by atoms with E-state index in [1.807, 2.05) is 0 Å². The average molecular weight is 484 g/mol. The molecule has 0 saturated carbocycles. The third-order valence-electron chi connectivity index (χ3n) is 7.47. The fourth-order valence-electron chi connectivity index (χ4n) is 5.62. The lowest BCUT2D eigenvalue weighted by Gasteiger charge is -2.34. The second-order valence-corrected chi connectivity index (χ2v) is 9.69. The summed E-state index contributed by atoms with van der Waals surface area (Å²) in [7, 11) is 0. The first-order chi connectivity index (χ1) is 16.8. The summed E-state index contributed by atoms with van der Waals surface area (Å²) in [4.78, 5) is 5.27. The highest BCUT2D eigenvalue weighted by Gasteiger charge is 2.17. The quantitative estimate of drug-likeness (QED) is 0.232. The number of hydrogen-bond donors (Lipinski definition) is 0. The number of fused-ring (bicyclic) bond motifs is 4. The number of rotatable bonds is 7. The summed E-state index contributed by atoms with van der Waals surface area (Å²) >= 11 is 0. The minimum absolute atomic E-state index is 0. The first-order valence-corrected chi connectivity index (χ1v) is 12.7. The Kier molecular flexibility index (Phi) is 7.38. The van der Waals surface area contributed by atoms with Gasteiger partial charge in [0.05, 0.1) is 0 Å². The molecule has 3 nitrogen and oxygen atoms in total. The van der Waals surface area contributed by atoms with Crippen LogP contribution in [0.3, 0.4) is 0 Å². The number of aromatic nitrogens is 1. The molecule has 0 unspecified atom stereocenters. The Balaban J connectivity index is 0.00000253. The number of piperazine rings is 1. The summed E-state index contributed by atoms with van der Waals surface area (Å²) in [5, 5.41) is 5.43. The van der Waals surface area contributed by atoms with E-state index in [-0.39, 0.29) is 12.4 Å². The van der Waals surface area contributed by atoms with Crippen molar-refractivity contribution in [3.63, 3.8) is 0 Å². The van der Waals surface area contributed by atoms with Gasteiger partial charge in [-0.15, -0.1) is 12.4 Å². The summed E-state index contributed by atoms with van der Waals surface area (Å²) in [6.45, 7) is 8.06. The van der Waals surface area contributed by atoms with Crippen LogP contribution in [0.15, 0.2) is 91.0 Å². The summed E-state index contributed by atoms with van der Waals surface area (Å²) in [6, 6.07) is 33.2. The van der Waals surface area contributed by atoms with Crippen LogP contribution in [0.2, 0.25) is 0 Å². The molecule has 0 N–H and O–H groups in total. The zero-order valence-electron chi connectivity index (χ0n) is 20.3. The van der Waals surface area contributed by atoms with Crippen molar-refractivity contribution in [1.29, 1.82) is 0 Å². The Labute approximate surface area is 214 Å². The van der Waals surface area contributed by atoms with Gasteiger partial charge in [0.1, 0.15) is 0 Å². The maximum atomic E-state index is 2.66. The molecule has 1 fully saturated rings. The Morgan fingerprint density at radius 2 is 1.11 bits per heavy atom. The molecule has 2 heterocycles. The summed E-state index contributed by atoms with van der Waals surface area (Å²) in [5.41, 5.74) is 4.16. The molecule has 1 aromatic heterocycles. The van der Waals surface area contributed by atoms with Crippen molar-refractivity contribution >= 4 is 45.0 Å². The minimum atomic E-state index is 0. The van der Waals surface area contributed by atoms with Crippen LogP contribution in [0, 0.1) is 0 Å². The summed E-state index contributed by atoms with van der Waals surface area (Å²) < 4.78 is 2.52. The lowest BCUT2D eigenvalue weighted by Crippen LogP contribution is -2.46. The topological polar surface area (TPSA) is 11.4 Å². The van der Waals surface area contributed by atoms with Gasteiger partial charge < -0.3 is 9.47 Å². The van der Waals surface area contributed by atoms with Crippen molar-refractivity contribution < 1.29 is 0 Å². The van der Waals surface area contributed by atoms with Gasteiger partial charge in [0, 0.05) is 61.1 Å². The molecule has 0 aliphatic carbocycles. The second kappa shape index (κ2) is 10.8. The molecule has 35 heavy (non-hydrogen) atoms. The smallest absolute Gasteiger partial charge is 0.0491 e. The first kappa shape index (κ1) is 23.9. The fraction of sp³-hybridized carbons (Fsp3) is 0.290. The van der Waals surface area contributed by atoms with Gasteiger partial charge in [-0.3, -0.25) is 4.90 Å². The monoisotopic (exact) mass is 483 g/mol. The SMILES string of the molecule is Cl.c1ccc2cc(CN3CCN(CCCCn4c5ccccc5c5ccccc54)CC3)ccc2c1. The van der Waals surface area contributed by atoms with Crippen molar-refractivity contribution in [3.05, 3.63) is 96.6 Å². The molecule has 6 rings (SSSR count). The molecular weight excluding hydrogens is 450 g/mol. The van der Waals surface area contributed by atoms with E-state index in [1.54, 1.807) is 0 Å². The average Bonchev–Trinajstić information content (AvgIpc) is 3.21. The van der Waals surface area contributed by atoms with Crippen molar-refractivity contribution in [3.8, 4) is 0 Å². The fourth-order valence-corrected chi connectivity index (χ4v) is 5.62. The Morgan fingerprint density at radius 3 is 1.83 bits per heavy atom. The van der Waals surface area contributed by atoms with Crippen LogP contribution in [0.4, 0.5) is 0 Å². The molecule has 1 saturated heterocycles. The van der Waals surface area contributed by atoms with Gasteiger partial charge in [0.25, 0.3) is 0 Å². The molecule has 5 aromatic rings. The number of nitrogens with zero attached hydrogens (tertiary/aromatic N) is 3. The molecule has 0 amide bonds. The van der Waals surface area contributed by atoms with Gasteiger partial charge in [-0.05, 0) is 53.9 Å². The largest absolute Gasteiger partial charge is 0.340 e. The molecule has 0 radical (unpaired) electrons. The van der Waals surface area contributed by atoms with Gasteiger partial charge in [-0.25, -0.2) is 0 Å². The Hall–Kier alpha value is -2.85. The van der Waals surface area contributed by atoms with Crippen LogP contribution < -0.4 is 0 Å². The molecule has 0 atom stereocenters. The van der Waals surface area contributed by atoms with E-state index >= 15 is 0 Å². The van der Waals surface area contributed by atoms with E-state index in [4.69, 9.17) is 0 Å². The van der Waals surface area contributed by atoms with Gasteiger partial charge in [0.15, 0.2) is 0 Å². The Morgan fingerprint density at radius 1 is 0.543 bits per heavy atom. The third-order valence-corrected chi connectivity index (χ3v) is 7.47. The van der Waals surface area contributed by atoms with Crippen LogP contribution in [-0.4, -0.2) is 47.1 Å². The number of para-hydroxylation sites is 2. The van der Waals surface area contributed by atoms with Crippen LogP contribution >= 0.6 is 12.4 Å². The molecule has 0 bridgehead atoms. The van der Waals surface area contributed by atoms with Gasteiger partial charge in [-0.2, -0.15) is 0 Å². The number of benzene rings is 4. The predicted octanol–water partition coefficient (Wildman–Crippen LogP) is 6.97. The Bertz CT molecular complexity index is 1360. The van der Waals surface area contributed by atoms with Gasteiger partial charge >= 0.3 is 0 Å². The zero-order chi connectivity index (χ0) is 22.7. The highest BCUT2D eigenvalue weighted by atomic mass is 35.5. The highest BCUT2D eigenvalue weighted by Crippen LogP contribution is 2.29. The summed E-state index contributed by atoms with van der Waals surface area (Å²) in [6.07, 6.45) is 2.48. The van der Waals surface area contributed by atoms with Crippen molar-refractivity contribution in [2.45, 2.75) is 25.9 Å². The second-order valence-electron chi connectivity index (χ2n) is 9.69. The molecule has 4 aromatic carbocycles. The predicted molar refractivity (Wildman–Crippen MR) is 152 cm³/mol. The molecule has 4 heteroatoms. The van der Waals surface area contributed by atoms with Gasteiger partial charge in [-0.1, -0.05) is 72.8 Å². The first-order valence-electron chi connectivity index (χ1n) is 12.7. The normalized spacial score (nSPS) is 15.1. The van der Waals surface area contributed by atoms with Gasteiger partial charge in [0.2, 0.25) is 0 Å². The number of halogens is 1. The number of aryl methyl sites for hydroxylation is 1. The highest BCUT2D eigenvalue weighted by molar-refractivity contribution is 6.07. The summed E-state index contributed by atoms with van der Waals surface area (Å²) in [5.74, 6) is 0. The molecule has 1 aliphatic rings. The third kappa shape index (κ3) is 5.08. The van der Waals surface area contributed by atoms with Crippen molar-refractivity contribution in [1.82, 2.24) is 14.4 Å². The van der Waals surface area contributed by atoms with E-state index in [2.05, 4.69) is 105 Å². The van der Waals surface area contributed by atoms with E-state index in [1.165, 1.54) is 83.7 Å². The van der Waals surface area contributed by atoms with E-state index in [0.29, 0.717) is 0 Å². The van der Waals surface area contributed by atoms with Crippen LogP contribution in [0.1, 0.15) is 18.4 Å². The standard InChI is InChI=1S/C31H33N3.ClH/c1-2-10-27-23-25(15-16-26(27)9-1)24-33-21-19-32(20-22-33)17-7-8-18-34-30-13-5-3-11-28(30)29-12-4-6-14-31(29)34;/h1-6,9-16,23H,7-8,17-22,24H2;1H. The molecule has 1 aliphatic heterocycles. The van der Waals surface area contributed by atoms with E-state index < -0.39 is 0 Å². The van der Waals surface area contributed by atoms with E-state index in [9.17, 15) is 0 Å². The zero-order valence-corrected chi connectivity index (χ0v) is 21.1. The van der Waals surface area contributed by atoms with E-state index in [0.717, 1.165) is 13.1 Å². The van der Waals surface area contributed by atoms with Crippen molar-refractivity contribution in [2.24, 2.45) is 0 Å². The van der Waals surface area contributed by atoms with Crippen molar-refractivity contribution in [2.75, 3.05) is 32.7 Å². The minimum Gasteiger partial charge on any atom is -0.340 e. The van der Waals surface area contributed by atoms with Crippen LogP contribution in [0.5, 0.6) is 0 Å². The molecule has 180 valence electrons. The lowest BCUT2D eigenvalue weighted by atomic mass is 10.1. The van der Waals surface area contributed by atoms with Crippen LogP contribution in [0.25, 0.3) is 32.6 Å². The van der Waals surface area contributed by atoms with Crippen LogP contribution in [-0.2, 0) is 13.1 Å². The number of hydrogen-bond acceptors (Lipinski definition) is 2. The number of unbranched alkanes of at least 4 members (excludes halogenated alkanes) is 1. The maximum Gasteiger partial charge on any atom is 0.0491 e. The molecule has 0 spiro atoms.